The first-order chi connectivity index (χ1) is 17.4. The number of carbonyl (C=O) groups excluding carboxylic acids is 3. The van der Waals surface area contributed by atoms with Crippen LogP contribution in [0.15, 0.2) is 42.5 Å². The minimum Gasteiger partial charge on any atom is -0.444 e. The van der Waals surface area contributed by atoms with Gasteiger partial charge in [-0.25, -0.2) is 4.79 Å². The van der Waals surface area contributed by atoms with Crippen LogP contribution in [0.25, 0.3) is 0 Å². The summed E-state index contributed by atoms with van der Waals surface area (Å²) in [5.41, 5.74) is 3.10. The van der Waals surface area contributed by atoms with E-state index in [-0.39, 0.29) is 17.7 Å². The van der Waals surface area contributed by atoms with Crippen LogP contribution in [0, 0.1) is 26.2 Å². The van der Waals surface area contributed by atoms with Crippen molar-refractivity contribution in [1.82, 2.24) is 10.2 Å². The zero-order valence-corrected chi connectivity index (χ0v) is 22.9. The highest BCUT2D eigenvalue weighted by Gasteiger charge is 2.44. The van der Waals surface area contributed by atoms with Crippen molar-refractivity contribution >= 4 is 36.2 Å². The highest BCUT2D eigenvalue weighted by atomic mass is 32.1. The number of hydrogen-bond acceptors (Lipinski definition) is 5. The van der Waals surface area contributed by atoms with Gasteiger partial charge in [0.25, 0.3) is 5.91 Å². The van der Waals surface area contributed by atoms with Crippen molar-refractivity contribution in [1.29, 1.82) is 0 Å². The van der Waals surface area contributed by atoms with E-state index >= 15 is 0 Å². The minimum absolute atomic E-state index is 0.0442. The number of amides is 3. The summed E-state index contributed by atoms with van der Waals surface area (Å²) in [6, 6.07) is 10.8. The van der Waals surface area contributed by atoms with Gasteiger partial charge in [-0.05, 0) is 76.3 Å². The summed E-state index contributed by atoms with van der Waals surface area (Å²) in [4.78, 5) is 41.8. The summed E-state index contributed by atoms with van der Waals surface area (Å²) < 4.78 is 5.35. The molecule has 0 saturated heterocycles. The van der Waals surface area contributed by atoms with E-state index in [4.69, 9.17) is 11.2 Å². The molecule has 1 aliphatic carbocycles. The summed E-state index contributed by atoms with van der Waals surface area (Å²) in [6.07, 6.45) is 6.33. The van der Waals surface area contributed by atoms with Gasteiger partial charge in [0.1, 0.15) is 17.7 Å². The number of para-hydroxylation sites is 1. The lowest BCUT2D eigenvalue weighted by Crippen LogP contribution is -2.54. The molecule has 2 aromatic carbocycles. The van der Waals surface area contributed by atoms with Crippen LogP contribution in [0.3, 0.4) is 0 Å². The summed E-state index contributed by atoms with van der Waals surface area (Å²) >= 11 is 4.32. The van der Waals surface area contributed by atoms with Gasteiger partial charge in [0, 0.05) is 23.0 Å². The SMILES string of the molecule is C#Cc1ccc(C(C(=O)Nc2c(C)cccc2C)N(C(=O)C(CS)NC(=O)OC(C)(C)C)C2CC2)cc1. The summed E-state index contributed by atoms with van der Waals surface area (Å²) in [5.74, 6) is 1.88. The molecule has 7 nitrogen and oxygen atoms in total. The number of terminal acetylenes is 1. The maximum atomic E-state index is 13.9. The van der Waals surface area contributed by atoms with Crippen LogP contribution in [-0.4, -0.2) is 46.2 Å². The van der Waals surface area contributed by atoms with Crippen LogP contribution < -0.4 is 10.6 Å². The molecule has 3 amide bonds. The van der Waals surface area contributed by atoms with Crippen molar-refractivity contribution in [2.24, 2.45) is 0 Å². The van der Waals surface area contributed by atoms with Crippen LogP contribution in [0.4, 0.5) is 10.5 Å². The van der Waals surface area contributed by atoms with Gasteiger partial charge < -0.3 is 20.3 Å². The third-order valence-corrected chi connectivity index (χ3v) is 6.38. The first kappa shape index (κ1) is 28.1. The zero-order valence-electron chi connectivity index (χ0n) is 22.0. The van der Waals surface area contributed by atoms with E-state index in [9.17, 15) is 14.4 Å². The molecular weight excluding hydrogens is 486 g/mol. The number of aryl methyl sites for hydroxylation is 2. The Morgan fingerprint density at radius 1 is 1.11 bits per heavy atom. The second kappa shape index (κ2) is 11.7. The van der Waals surface area contributed by atoms with E-state index in [0.717, 1.165) is 24.0 Å². The number of ether oxygens (including phenoxy) is 1. The number of thiol groups is 1. The Kier molecular flexibility index (Phi) is 8.93. The summed E-state index contributed by atoms with van der Waals surface area (Å²) in [5, 5.41) is 5.68. The van der Waals surface area contributed by atoms with Crippen molar-refractivity contribution in [3.63, 3.8) is 0 Å². The zero-order chi connectivity index (χ0) is 27.3. The molecule has 2 unspecified atom stereocenters. The Balaban J connectivity index is 1.99. The Hall–Kier alpha value is -3.44. The standard InChI is InChI=1S/C29H35N3O4S/c1-7-20-11-13-21(14-12-20)25(26(33)31-24-18(2)9-8-10-19(24)3)32(22-15-16-22)27(34)23(17-37)30-28(35)36-29(4,5)6/h1,8-14,22-23,25,37H,15-17H2,2-6H3,(H,30,35)(H,31,33). The van der Waals surface area contributed by atoms with Gasteiger partial charge in [0.2, 0.25) is 5.91 Å². The number of carbonyl (C=O) groups is 3. The summed E-state index contributed by atoms with van der Waals surface area (Å²) in [7, 11) is 0. The normalized spacial score (nSPS) is 14.6. The number of hydrogen-bond donors (Lipinski definition) is 3. The van der Waals surface area contributed by atoms with E-state index in [1.165, 1.54) is 0 Å². The van der Waals surface area contributed by atoms with Crippen LogP contribution >= 0.6 is 12.6 Å². The molecule has 0 aliphatic heterocycles. The number of rotatable bonds is 8. The number of benzene rings is 2. The number of nitrogens with one attached hydrogen (secondary N) is 2. The fourth-order valence-corrected chi connectivity index (χ4v) is 4.34. The van der Waals surface area contributed by atoms with Gasteiger partial charge in [-0.2, -0.15) is 12.6 Å². The molecule has 1 fully saturated rings. The van der Waals surface area contributed by atoms with Crippen molar-refractivity contribution in [2.45, 2.75) is 71.2 Å². The molecule has 2 aromatic rings. The van der Waals surface area contributed by atoms with Crippen LogP contribution in [0.2, 0.25) is 0 Å². The Bertz CT molecular complexity index is 1170. The average molecular weight is 522 g/mol. The quantitative estimate of drug-likeness (QED) is 0.345. The molecular formula is C29H35N3O4S. The van der Waals surface area contributed by atoms with E-state index in [1.54, 1.807) is 49.9 Å². The Labute approximate surface area is 224 Å². The maximum absolute atomic E-state index is 13.9. The van der Waals surface area contributed by atoms with Crippen molar-refractivity contribution in [2.75, 3.05) is 11.1 Å². The molecule has 0 aromatic heterocycles. The predicted octanol–water partition coefficient (Wildman–Crippen LogP) is 4.78. The average Bonchev–Trinajstić information content (AvgIpc) is 3.67. The van der Waals surface area contributed by atoms with Gasteiger partial charge in [-0.15, -0.1) is 6.42 Å². The number of alkyl carbamates (subject to hydrolysis) is 1. The van der Waals surface area contributed by atoms with E-state index < -0.39 is 29.7 Å². The van der Waals surface area contributed by atoms with Gasteiger partial charge in [-0.1, -0.05) is 36.3 Å². The molecule has 0 radical (unpaired) electrons. The molecule has 0 heterocycles. The Morgan fingerprint density at radius 2 is 1.70 bits per heavy atom. The molecule has 2 atom stereocenters. The highest BCUT2D eigenvalue weighted by Crippen LogP contribution is 2.36. The highest BCUT2D eigenvalue weighted by molar-refractivity contribution is 7.80. The third kappa shape index (κ3) is 7.30. The second-order valence-electron chi connectivity index (χ2n) is 10.3. The smallest absolute Gasteiger partial charge is 0.408 e. The first-order valence-corrected chi connectivity index (χ1v) is 12.9. The van der Waals surface area contributed by atoms with Gasteiger partial charge in [0.05, 0.1) is 0 Å². The largest absolute Gasteiger partial charge is 0.444 e. The molecule has 3 rings (SSSR count). The van der Waals surface area contributed by atoms with E-state index in [2.05, 4.69) is 29.2 Å². The van der Waals surface area contributed by atoms with E-state index in [0.29, 0.717) is 16.8 Å². The fraction of sp³-hybridized carbons (Fsp3) is 0.414. The lowest BCUT2D eigenvalue weighted by Gasteiger charge is -2.34. The maximum Gasteiger partial charge on any atom is 0.408 e. The van der Waals surface area contributed by atoms with Crippen LogP contribution in [0.1, 0.15) is 61.9 Å². The monoisotopic (exact) mass is 521 g/mol. The van der Waals surface area contributed by atoms with Crippen molar-refractivity contribution in [3.05, 3.63) is 64.7 Å². The minimum atomic E-state index is -0.973. The van der Waals surface area contributed by atoms with Crippen LogP contribution in [0.5, 0.6) is 0 Å². The van der Waals surface area contributed by atoms with Crippen LogP contribution in [-0.2, 0) is 14.3 Å². The summed E-state index contributed by atoms with van der Waals surface area (Å²) in [6.45, 7) is 9.08. The molecule has 1 saturated carbocycles. The van der Waals surface area contributed by atoms with Gasteiger partial charge in [0.15, 0.2) is 0 Å². The molecule has 0 bridgehead atoms. The third-order valence-electron chi connectivity index (χ3n) is 6.02. The molecule has 196 valence electrons. The first-order valence-electron chi connectivity index (χ1n) is 12.3. The van der Waals surface area contributed by atoms with Crippen molar-refractivity contribution in [3.8, 4) is 12.3 Å². The number of nitrogens with zero attached hydrogens (tertiary/aromatic N) is 1. The van der Waals surface area contributed by atoms with E-state index in [1.807, 2.05) is 32.0 Å². The van der Waals surface area contributed by atoms with Gasteiger partial charge in [-0.3, -0.25) is 9.59 Å². The molecule has 0 spiro atoms. The second-order valence-corrected chi connectivity index (χ2v) is 10.6. The van der Waals surface area contributed by atoms with Gasteiger partial charge >= 0.3 is 6.09 Å². The fourth-order valence-electron chi connectivity index (χ4n) is 4.09. The molecule has 2 N–H and O–H groups in total. The molecule has 37 heavy (non-hydrogen) atoms. The lowest BCUT2D eigenvalue weighted by molar-refractivity contribution is -0.141. The topological polar surface area (TPSA) is 87.7 Å². The predicted molar refractivity (Wildman–Crippen MR) is 149 cm³/mol. The Morgan fingerprint density at radius 3 is 2.19 bits per heavy atom. The number of anilines is 1. The lowest BCUT2D eigenvalue weighted by atomic mass is 10.0. The molecule has 8 heteroatoms. The van der Waals surface area contributed by atoms with Crippen molar-refractivity contribution < 1.29 is 19.1 Å². The molecule has 1 aliphatic rings.